The van der Waals surface area contributed by atoms with Crippen LogP contribution in [-0.2, 0) is 14.9 Å². The Balaban J connectivity index is 1.77. The number of hydrogen-bond donors (Lipinski definition) is 0. The Morgan fingerprint density at radius 1 is 1.00 bits per heavy atom. The summed E-state index contributed by atoms with van der Waals surface area (Å²) in [6.45, 7) is 7.51. The van der Waals surface area contributed by atoms with Gasteiger partial charge in [0.05, 0.1) is 24.9 Å². The Morgan fingerprint density at radius 3 is 2.33 bits per heavy atom. The molecule has 98 valence electrons. The minimum absolute atomic E-state index is 0.216. The van der Waals surface area contributed by atoms with Crippen LogP contribution in [0.2, 0.25) is 0 Å². The number of rotatable bonds is 1. The first-order valence-corrected chi connectivity index (χ1v) is 6.90. The third-order valence-corrected chi connectivity index (χ3v) is 4.03. The number of fused-ring (bicyclic) bond motifs is 2. The van der Waals surface area contributed by atoms with Crippen LogP contribution in [-0.4, -0.2) is 18.8 Å². The van der Waals surface area contributed by atoms with Crippen LogP contribution in [0.5, 0.6) is 0 Å². The summed E-state index contributed by atoms with van der Waals surface area (Å²) in [6, 6.07) is 8.90. The second kappa shape index (κ2) is 4.36. The number of hydrogen-bond acceptors (Lipinski definition) is 2. The first kappa shape index (κ1) is 12.2. The van der Waals surface area contributed by atoms with E-state index in [1.807, 2.05) is 0 Å². The fraction of sp³-hybridized carbons (Fsp3) is 0.625. The van der Waals surface area contributed by atoms with Crippen molar-refractivity contribution in [2.75, 3.05) is 6.61 Å². The van der Waals surface area contributed by atoms with E-state index in [1.54, 1.807) is 0 Å². The van der Waals surface area contributed by atoms with Crippen LogP contribution in [0.3, 0.4) is 0 Å². The molecule has 3 rings (SSSR count). The van der Waals surface area contributed by atoms with Gasteiger partial charge in [-0.2, -0.15) is 0 Å². The zero-order valence-corrected chi connectivity index (χ0v) is 11.5. The summed E-state index contributed by atoms with van der Waals surface area (Å²) in [5.74, 6) is 0. The third-order valence-electron chi connectivity index (χ3n) is 4.03. The van der Waals surface area contributed by atoms with Crippen LogP contribution in [0, 0.1) is 0 Å². The second-order valence-electron chi connectivity index (χ2n) is 6.55. The molecule has 0 aromatic heterocycles. The van der Waals surface area contributed by atoms with Crippen LogP contribution in [0.4, 0.5) is 0 Å². The van der Waals surface area contributed by atoms with Gasteiger partial charge < -0.3 is 9.47 Å². The Morgan fingerprint density at radius 2 is 1.72 bits per heavy atom. The first-order valence-electron chi connectivity index (χ1n) is 6.90. The van der Waals surface area contributed by atoms with Crippen molar-refractivity contribution in [3.8, 4) is 0 Å². The number of ether oxygens (including phenoxy) is 2. The highest BCUT2D eigenvalue weighted by atomic mass is 16.6. The van der Waals surface area contributed by atoms with Crippen LogP contribution in [0.15, 0.2) is 24.3 Å². The summed E-state index contributed by atoms with van der Waals surface area (Å²) >= 11 is 0. The van der Waals surface area contributed by atoms with Crippen LogP contribution >= 0.6 is 0 Å². The van der Waals surface area contributed by atoms with E-state index in [0.717, 1.165) is 19.4 Å². The van der Waals surface area contributed by atoms with Crippen LogP contribution in [0.1, 0.15) is 50.8 Å². The Kier molecular flexibility index (Phi) is 2.95. The van der Waals surface area contributed by atoms with E-state index in [-0.39, 0.29) is 11.5 Å². The molecule has 1 aromatic carbocycles. The monoisotopic (exact) mass is 246 g/mol. The van der Waals surface area contributed by atoms with Crippen molar-refractivity contribution < 1.29 is 9.47 Å². The number of benzene rings is 1. The molecular formula is C16H22O2. The van der Waals surface area contributed by atoms with Crippen LogP contribution in [0.25, 0.3) is 0 Å². The molecule has 2 aliphatic rings. The maximum Gasteiger partial charge on any atom is 0.0854 e. The van der Waals surface area contributed by atoms with Gasteiger partial charge in [0.2, 0.25) is 0 Å². The molecule has 2 saturated heterocycles. The smallest absolute Gasteiger partial charge is 0.0854 e. The maximum atomic E-state index is 6.06. The molecule has 2 nitrogen and oxygen atoms in total. The molecule has 3 atom stereocenters. The average Bonchev–Trinajstić information content (AvgIpc) is 2.67. The van der Waals surface area contributed by atoms with Gasteiger partial charge in [0.1, 0.15) is 0 Å². The summed E-state index contributed by atoms with van der Waals surface area (Å²) in [5.41, 5.74) is 2.89. The molecular weight excluding hydrogens is 224 g/mol. The first-order chi connectivity index (χ1) is 8.52. The van der Waals surface area contributed by atoms with Crippen molar-refractivity contribution in [2.24, 2.45) is 0 Å². The SMILES string of the molecule is CC(C)(C)c1ccc([C@@H]2C[C@@H]3C[C@@H](CO3)O2)cc1. The lowest BCUT2D eigenvalue weighted by atomic mass is 9.86. The Hall–Kier alpha value is -0.860. The lowest BCUT2D eigenvalue weighted by Gasteiger charge is -2.28. The van der Waals surface area contributed by atoms with Crippen molar-refractivity contribution in [1.29, 1.82) is 0 Å². The topological polar surface area (TPSA) is 18.5 Å². The molecule has 0 N–H and O–H groups in total. The fourth-order valence-electron chi connectivity index (χ4n) is 2.87. The molecule has 0 aliphatic carbocycles. The normalized spacial score (nSPS) is 31.6. The van der Waals surface area contributed by atoms with Gasteiger partial charge in [-0.3, -0.25) is 0 Å². The van der Waals surface area contributed by atoms with Gasteiger partial charge in [0.25, 0.3) is 0 Å². The van der Waals surface area contributed by atoms with E-state index in [4.69, 9.17) is 9.47 Å². The quantitative estimate of drug-likeness (QED) is 0.753. The zero-order chi connectivity index (χ0) is 12.8. The maximum absolute atomic E-state index is 6.06. The lowest BCUT2D eigenvalue weighted by Crippen LogP contribution is -2.24. The molecule has 0 radical (unpaired) electrons. The predicted molar refractivity (Wildman–Crippen MR) is 71.7 cm³/mol. The van der Waals surface area contributed by atoms with Crippen molar-refractivity contribution >= 4 is 0 Å². The molecule has 2 heterocycles. The predicted octanol–water partition coefficient (Wildman–Crippen LogP) is 3.60. The molecule has 18 heavy (non-hydrogen) atoms. The molecule has 0 amide bonds. The summed E-state index contributed by atoms with van der Waals surface area (Å²) in [7, 11) is 0. The van der Waals surface area contributed by atoms with E-state index in [1.165, 1.54) is 11.1 Å². The van der Waals surface area contributed by atoms with E-state index >= 15 is 0 Å². The van der Waals surface area contributed by atoms with Crippen molar-refractivity contribution in [2.45, 2.75) is 57.3 Å². The van der Waals surface area contributed by atoms with Gasteiger partial charge in [-0.1, -0.05) is 45.0 Å². The minimum Gasteiger partial charge on any atom is -0.375 e. The zero-order valence-electron chi connectivity index (χ0n) is 11.5. The molecule has 0 spiro atoms. The van der Waals surface area contributed by atoms with Gasteiger partial charge in [-0.15, -0.1) is 0 Å². The van der Waals surface area contributed by atoms with E-state index in [9.17, 15) is 0 Å². The van der Waals surface area contributed by atoms with E-state index in [2.05, 4.69) is 45.0 Å². The van der Waals surface area contributed by atoms with Gasteiger partial charge in [-0.25, -0.2) is 0 Å². The van der Waals surface area contributed by atoms with Crippen molar-refractivity contribution in [3.63, 3.8) is 0 Å². The van der Waals surface area contributed by atoms with Gasteiger partial charge in [-0.05, 0) is 16.5 Å². The molecule has 1 aromatic rings. The van der Waals surface area contributed by atoms with Crippen molar-refractivity contribution in [1.82, 2.24) is 0 Å². The summed E-state index contributed by atoms with van der Waals surface area (Å²) in [6.07, 6.45) is 3.04. The van der Waals surface area contributed by atoms with Crippen LogP contribution < -0.4 is 0 Å². The summed E-state index contributed by atoms with van der Waals surface area (Å²) in [5, 5.41) is 0. The fourth-order valence-corrected chi connectivity index (χ4v) is 2.87. The molecule has 0 unspecified atom stereocenters. The Labute approximate surface area is 109 Å². The van der Waals surface area contributed by atoms with Gasteiger partial charge >= 0.3 is 0 Å². The highest BCUT2D eigenvalue weighted by Crippen LogP contribution is 2.37. The van der Waals surface area contributed by atoms with Gasteiger partial charge in [0.15, 0.2) is 0 Å². The third kappa shape index (κ3) is 2.32. The highest BCUT2D eigenvalue weighted by Gasteiger charge is 2.36. The Bertz CT molecular complexity index is 404. The standard InChI is InChI=1S/C16H22O2/c1-16(2,3)12-6-4-11(5-7-12)15-9-13-8-14(18-15)10-17-13/h4-7,13-15H,8-10H2,1-3H3/t13-,14-,15-/m0/s1. The summed E-state index contributed by atoms with van der Waals surface area (Å²) in [4.78, 5) is 0. The highest BCUT2D eigenvalue weighted by molar-refractivity contribution is 5.29. The lowest BCUT2D eigenvalue weighted by molar-refractivity contribution is -0.0314. The average molecular weight is 246 g/mol. The molecule has 2 heteroatoms. The molecule has 2 bridgehead atoms. The minimum atomic E-state index is 0.216. The largest absolute Gasteiger partial charge is 0.375 e. The second-order valence-corrected chi connectivity index (χ2v) is 6.55. The van der Waals surface area contributed by atoms with E-state index < -0.39 is 0 Å². The van der Waals surface area contributed by atoms with Gasteiger partial charge in [0, 0.05) is 12.8 Å². The molecule has 0 saturated carbocycles. The summed E-state index contributed by atoms with van der Waals surface area (Å²) < 4.78 is 11.7. The molecule has 2 aliphatic heterocycles. The van der Waals surface area contributed by atoms with Crippen molar-refractivity contribution in [3.05, 3.63) is 35.4 Å². The molecule has 2 fully saturated rings. The van der Waals surface area contributed by atoms with E-state index in [0.29, 0.717) is 12.2 Å².